The lowest BCUT2D eigenvalue weighted by Crippen LogP contribution is -2.10. The number of hydrogen-bond acceptors (Lipinski definition) is 3. The van der Waals surface area contributed by atoms with E-state index in [1.807, 2.05) is 11.5 Å². The predicted octanol–water partition coefficient (Wildman–Crippen LogP) is 0.144. The van der Waals surface area contributed by atoms with Crippen LogP contribution in [-0.2, 0) is 24.0 Å². The molecule has 4 nitrogen and oxygen atoms in total. The summed E-state index contributed by atoms with van der Waals surface area (Å²) in [5.41, 5.74) is 0.771. The zero-order valence-electron chi connectivity index (χ0n) is 7.64. The second kappa shape index (κ2) is 5.14. The summed E-state index contributed by atoms with van der Waals surface area (Å²) in [5.74, 6) is 1.31. The van der Waals surface area contributed by atoms with Crippen LogP contribution in [0.25, 0.3) is 0 Å². The summed E-state index contributed by atoms with van der Waals surface area (Å²) in [6.07, 6.45) is 3.27. The van der Waals surface area contributed by atoms with E-state index in [-0.39, 0.29) is 6.61 Å². The third kappa shape index (κ3) is 2.93. The van der Waals surface area contributed by atoms with Gasteiger partial charge < -0.3 is 9.67 Å². The van der Waals surface area contributed by atoms with Gasteiger partial charge in [-0.05, 0) is 0 Å². The Morgan fingerprint density at radius 3 is 3.08 bits per heavy atom. The monoisotopic (exact) mass is 202 g/mol. The van der Waals surface area contributed by atoms with Crippen molar-refractivity contribution < 1.29 is 9.32 Å². The van der Waals surface area contributed by atoms with E-state index in [2.05, 4.69) is 4.98 Å². The van der Waals surface area contributed by atoms with Crippen LogP contribution in [0.2, 0.25) is 0 Å². The van der Waals surface area contributed by atoms with Crippen LogP contribution in [0.1, 0.15) is 12.6 Å². The van der Waals surface area contributed by atoms with E-state index in [0.717, 1.165) is 5.69 Å². The fourth-order valence-corrected chi connectivity index (χ4v) is 1.71. The van der Waals surface area contributed by atoms with Crippen LogP contribution in [-0.4, -0.2) is 30.4 Å². The Bertz CT molecular complexity index is 285. The van der Waals surface area contributed by atoms with Crippen LogP contribution in [0.4, 0.5) is 0 Å². The summed E-state index contributed by atoms with van der Waals surface area (Å²) < 4.78 is 12.9. The number of nitrogens with zero attached hydrogens (tertiary/aromatic N) is 2. The molecule has 1 aromatic rings. The van der Waals surface area contributed by atoms with E-state index in [1.165, 1.54) is 0 Å². The van der Waals surface area contributed by atoms with Crippen molar-refractivity contribution in [2.75, 3.05) is 11.5 Å². The average Bonchev–Trinajstić information content (AvgIpc) is 2.61. The highest BCUT2D eigenvalue weighted by atomic mass is 32.2. The minimum atomic E-state index is -0.752. The van der Waals surface area contributed by atoms with Crippen molar-refractivity contribution in [2.24, 2.45) is 0 Å². The van der Waals surface area contributed by atoms with Crippen LogP contribution in [0.5, 0.6) is 0 Å². The summed E-state index contributed by atoms with van der Waals surface area (Å²) >= 11 is 0. The molecule has 0 aliphatic rings. The summed E-state index contributed by atoms with van der Waals surface area (Å²) in [7, 11) is -0.752. The van der Waals surface area contributed by atoms with Gasteiger partial charge in [0.15, 0.2) is 0 Å². The Kier molecular flexibility index (Phi) is 4.11. The van der Waals surface area contributed by atoms with E-state index >= 15 is 0 Å². The minimum absolute atomic E-state index is 0.0151. The molecule has 0 bridgehead atoms. The van der Waals surface area contributed by atoms with Crippen molar-refractivity contribution in [3.05, 3.63) is 18.2 Å². The van der Waals surface area contributed by atoms with Crippen molar-refractivity contribution in [2.45, 2.75) is 20.1 Å². The Morgan fingerprint density at radius 2 is 2.46 bits per heavy atom. The number of imidazole rings is 1. The molecule has 1 heterocycles. The molecule has 5 heteroatoms. The Hall–Kier alpha value is -0.680. The normalized spacial score (nSPS) is 13.1. The quantitative estimate of drug-likeness (QED) is 0.739. The minimum Gasteiger partial charge on any atom is -0.390 e. The van der Waals surface area contributed by atoms with Gasteiger partial charge in [-0.2, -0.15) is 0 Å². The molecule has 0 amide bonds. The van der Waals surface area contributed by atoms with Crippen LogP contribution < -0.4 is 0 Å². The topological polar surface area (TPSA) is 55.1 Å². The van der Waals surface area contributed by atoms with E-state index in [4.69, 9.17) is 5.11 Å². The number of aromatic nitrogens is 2. The molecule has 13 heavy (non-hydrogen) atoms. The fourth-order valence-electron chi connectivity index (χ4n) is 1.03. The molecule has 0 saturated heterocycles. The van der Waals surface area contributed by atoms with Gasteiger partial charge in [0.1, 0.15) is 0 Å². The highest BCUT2D eigenvalue weighted by Gasteiger charge is 2.01. The maximum atomic E-state index is 11.1. The van der Waals surface area contributed by atoms with Crippen molar-refractivity contribution in [1.29, 1.82) is 0 Å². The first-order chi connectivity index (χ1) is 6.27. The number of aliphatic hydroxyl groups is 1. The molecule has 0 aliphatic heterocycles. The molecule has 0 radical (unpaired) electrons. The molecule has 0 saturated carbocycles. The first-order valence-electron chi connectivity index (χ1n) is 4.22. The molecular formula is C8H14N2O2S. The van der Waals surface area contributed by atoms with Gasteiger partial charge in [-0.3, -0.25) is 4.21 Å². The largest absolute Gasteiger partial charge is 0.390 e. The molecule has 0 spiro atoms. The molecule has 1 N–H and O–H groups in total. The average molecular weight is 202 g/mol. The summed E-state index contributed by atoms with van der Waals surface area (Å²) in [5, 5.41) is 8.89. The lowest BCUT2D eigenvalue weighted by Gasteiger charge is -2.04. The SMILES string of the molecule is CCS(=O)CCn1cncc1CO. The van der Waals surface area contributed by atoms with Crippen LogP contribution in [0, 0.1) is 0 Å². The van der Waals surface area contributed by atoms with Crippen molar-refractivity contribution in [3.63, 3.8) is 0 Å². The Labute approximate surface area is 80.1 Å². The second-order valence-corrected chi connectivity index (χ2v) is 4.53. The van der Waals surface area contributed by atoms with E-state index in [1.54, 1.807) is 12.5 Å². The maximum absolute atomic E-state index is 11.1. The highest BCUT2D eigenvalue weighted by molar-refractivity contribution is 7.84. The van der Waals surface area contributed by atoms with E-state index in [0.29, 0.717) is 18.1 Å². The third-order valence-corrected chi connectivity index (χ3v) is 3.12. The van der Waals surface area contributed by atoms with Crippen LogP contribution >= 0.6 is 0 Å². The van der Waals surface area contributed by atoms with Crippen molar-refractivity contribution >= 4 is 10.8 Å². The molecule has 1 rings (SSSR count). The number of hydrogen-bond donors (Lipinski definition) is 1. The number of aliphatic hydroxyl groups excluding tert-OH is 1. The third-order valence-electron chi connectivity index (χ3n) is 1.84. The number of aryl methyl sites for hydroxylation is 1. The predicted molar refractivity (Wildman–Crippen MR) is 51.7 cm³/mol. The van der Waals surface area contributed by atoms with Gasteiger partial charge in [-0.25, -0.2) is 4.98 Å². The zero-order valence-corrected chi connectivity index (χ0v) is 8.46. The molecule has 0 aromatic carbocycles. The smallest absolute Gasteiger partial charge is 0.0949 e. The first-order valence-corrected chi connectivity index (χ1v) is 5.71. The standard InChI is InChI=1S/C8H14N2O2S/c1-2-13(12)4-3-10-7-9-5-8(10)6-11/h5,7,11H,2-4,6H2,1H3. The van der Waals surface area contributed by atoms with Gasteiger partial charge in [-0.15, -0.1) is 0 Å². The molecule has 1 aromatic heterocycles. The van der Waals surface area contributed by atoms with Crippen LogP contribution in [0.3, 0.4) is 0 Å². The highest BCUT2D eigenvalue weighted by Crippen LogP contribution is 1.99. The zero-order chi connectivity index (χ0) is 9.68. The summed E-state index contributed by atoms with van der Waals surface area (Å²) in [6.45, 7) is 2.55. The lowest BCUT2D eigenvalue weighted by atomic mass is 10.5. The lowest BCUT2D eigenvalue weighted by molar-refractivity contribution is 0.271. The molecule has 1 atom stereocenters. The van der Waals surface area contributed by atoms with Crippen molar-refractivity contribution in [3.8, 4) is 0 Å². The molecule has 0 aliphatic carbocycles. The summed E-state index contributed by atoms with van der Waals surface area (Å²) in [6, 6.07) is 0. The fraction of sp³-hybridized carbons (Fsp3) is 0.625. The first kappa shape index (κ1) is 10.4. The Morgan fingerprint density at radius 1 is 1.69 bits per heavy atom. The molecule has 74 valence electrons. The van der Waals surface area contributed by atoms with Gasteiger partial charge in [0.2, 0.25) is 0 Å². The van der Waals surface area contributed by atoms with E-state index < -0.39 is 10.8 Å². The molecular weight excluding hydrogens is 188 g/mol. The van der Waals surface area contributed by atoms with Gasteiger partial charge in [0.25, 0.3) is 0 Å². The van der Waals surface area contributed by atoms with E-state index in [9.17, 15) is 4.21 Å². The van der Waals surface area contributed by atoms with Gasteiger partial charge in [-0.1, -0.05) is 6.92 Å². The van der Waals surface area contributed by atoms with Crippen molar-refractivity contribution in [1.82, 2.24) is 9.55 Å². The maximum Gasteiger partial charge on any atom is 0.0949 e. The second-order valence-electron chi connectivity index (χ2n) is 2.67. The Balaban J connectivity index is 2.49. The van der Waals surface area contributed by atoms with Gasteiger partial charge in [0.05, 0.1) is 24.8 Å². The van der Waals surface area contributed by atoms with Gasteiger partial charge in [0, 0.05) is 28.9 Å². The molecule has 0 fully saturated rings. The molecule has 1 unspecified atom stereocenters. The van der Waals surface area contributed by atoms with Gasteiger partial charge >= 0.3 is 0 Å². The number of rotatable bonds is 5. The van der Waals surface area contributed by atoms with Crippen LogP contribution in [0.15, 0.2) is 12.5 Å². The summed E-state index contributed by atoms with van der Waals surface area (Å²) in [4.78, 5) is 3.90.